The SMILES string of the molecule is CC(C)CCCCCCCCCCC(=O)N(O)CCCCCNC(=O)CCC(=O)N(O)CCCCCNC(=O)CCC(=O)O. The molecule has 0 aliphatic rings. The number of aliphatic carboxylic acids is 1. The fourth-order valence-corrected chi connectivity index (χ4v) is 4.60. The van der Waals surface area contributed by atoms with Crippen LogP contribution in [0, 0.1) is 5.92 Å². The third-order valence-corrected chi connectivity index (χ3v) is 7.37. The first-order chi connectivity index (χ1) is 21.0. The van der Waals surface area contributed by atoms with E-state index in [1.807, 2.05) is 0 Å². The van der Waals surface area contributed by atoms with Crippen molar-refractivity contribution >= 4 is 29.6 Å². The van der Waals surface area contributed by atoms with Gasteiger partial charge in [0.1, 0.15) is 0 Å². The molecule has 0 radical (unpaired) electrons. The summed E-state index contributed by atoms with van der Waals surface area (Å²) < 4.78 is 0. The molecular weight excluding hydrogens is 568 g/mol. The van der Waals surface area contributed by atoms with Crippen LogP contribution in [0.5, 0.6) is 0 Å². The quantitative estimate of drug-likeness (QED) is 0.0427. The normalized spacial score (nSPS) is 10.9. The number of hydrogen-bond acceptors (Lipinski definition) is 7. The van der Waals surface area contributed by atoms with Gasteiger partial charge in [0.2, 0.25) is 23.6 Å². The lowest BCUT2D eigenvalue weighted by Crippen LogP contribution is -2.31. The first-order valence-electron chi connectivity index (χ1n) is 16.8. The van der Waals surface area contributed by atoms with Crippen LogP contribution in [0.3, 0.4) is 0 Å². The molecule has 44 heavy (non-hydrogen) atoms. The van der Waals surface area contributed by atoms with Crippen molar-refractivity contribution in [3.05, 3.63) is 0 Å². The van der Waals surface area contributed by atoms with Crippen LogP contribution in [-0.4, -0.2) is 81.4 Å². The van der Waals surface area contributed by atoms with Crippen LogP contribution in [0.25, 0.3) is 0 Å². The molecule has 0 rings (SSSR count). The molecule has 0 fully saturated rings. The van der Waals surface area contributed by atoms with Crippen molar-refractivity contribution in [3.63, 3.8) is 0 Å². The maximum Gasteiger partial charge on any atom is 0.303 e. The van der Waals surface area contributed by atoms with Crippen LogP contribution in [0.4, 0.5) is 0 Å². The average Bonchev–Trinajstić information content (AvgIpc) is 2.98. The second-order valence-electron chi connectivity index (χ2n) is 12.0. The number of carbonyl (C=O) groups is 5. The number of rotatable bonds is 29. The second-order valence-corrected chi connectivity index (χ2v) is 12.0. The Bertz CT molecular complexity index is 809. The summed E-state index contributed by atoms with van der Waals surface area (Å²) in [5.74, 6) is -1.62. The molecule has 0 bridgehead atoms. The number of hydroxylamine groups is 4. The maximum atomic E-state index is 12.1. The van der Waals surface area contributed by atoms with Crippen molar-refractivity contribution in [3.8, 4) is 0 Å². The molecule has 0 saturated carbocycles. The molecule has 12 nitrogen and oxygen atoms in total. The number of nitrogens with one attached hydrogen (secondary N) is 2. The molecule has 4 amide bonds. The van der Waals surface area contributed by atoms with Gasteiger partial charge in [0.05, 0.1) is 6.42 Å². The smallest absolute Gasteiger partial charge is 0.303 e. The highest BCUT2D eigenvalue weighted by Gasteiger charge is 2.13. The van der Waals surface area contributed by atoms with Gasteiger partial charge in [0.25, 0.3) is 0 Å². The zero-order valence-corrected chi connectivity index (χ0v) is 27.3. The topological polar surface area (TPSA) is 177 Å². The summed E-state index contributed by atoms with van der Waals surface area (Å²) in [5, 5.41) is 35.1. The standard InChI is InChI=1S/C32H60N4O8/c1-27(2)17-11-7-5-3-4-6-8-12-18-30(39)35(43)25-15-9-13-23-33-28(37)19-21-31(40)36(44)26-16-10-14-24-34-29(38)20-22-32(41)42/h27,43-44H,3-26H2,1-2H3,(H,33,37)(H,34,38)(H,41,42). The van der Waals surface area contributed by atoms with Gasteiger partial charge in [-0.3, -0.25) is 34.4 Å². The lowest BCUT2D eigenvalue weighted by molar-refractivity contribution is -0.166. The predicted molar refractivity (Wildman–Crippen MR) is 168 cm³/mol. The molecule has 0 saturated heterocycles. The number of unbranched alkanes of at least 4 members (excludes halogenated alkanes) is 11. The Kier molecular flexibility index (Phi) is 26.1. The summed E-state index contributed by atoms with van der Waals surface area (Å²) in [5.41, 5.74) is 0. The van der Waals surface area contributed by atoms with E-state index in [4.69, 9.17) is 5.11 Å². The number of carboxylic acids is 1. The third kappa shape index (κ3) is 26.9. The van der Waals surface area contributed by atoms with Gasteiger partial charge in [-0.2, -0.15) is 0 Å². The van der Waals surface area contributed by atoms with Crippen molar-refractivity contribution < 1.29 is 39.5 Å². The van der Waals surface area contributed by atoms with E-state index in [0.717, 1.165) is 36.7 Å². The van der Waals surface area contributed by atoms with Gasteiger partial charge in [0.15, 0.2) is 0 Å². The maximum absolute atomic E-state index is 12.1. The molecule has 256 valence electrons. The largest absolute Gasteiger partial charge is 0.481 e. The molecule has 0 spiro atoms. The molecule has 5 N–H and O–H groups in total. The van der Waals surface area contributed by atoms with Crippen LogP contribution in [0.2, 0.25) is 0 Å². The van der Waals surface area contributed by atoms with Crippen LogP contribution >= 0.6 is 0 Å². The van der Waals surface area contributed by atoms with Crippen molar-refractivity contribution in [1.29, 1.82) is 0 Å². The minimum absolute atomic E-state index is 0.0323. The van der Waals surface area contributed by atoms with Crippen LogP contribution < -0.4 is 10.6 Å². The highest BCUT2D eigenvalue weighted by molar-refractivity contribution is 5.83. The zero-order chi connectivity index (χ0) is 33.0. The van der Waals surface area contributed by atoms with Gasteiger partial charge in [-0.05, 0) is 50.9 Å². The molecule has 0 unspecified atom stereocenters. The van der Waals surface area contributed by atoms with Crippen LogP contribution in [-0.2, 0) is 24.0 Å². The fraction of sp³-hybridized carbons (Fsp3) is 0.844. The van der Waals surface area contributed by atoms with Gasteiger partial charge < -0.3 is 15.7 Å². The van der Waals surface area contributed by atoms with E-state index in [1.54, 1.807) is 0 Å². The van der Waals surface area contributed by atoms with Gasteiger partial charge >= 0.3 is 5.97 Å². The molecule has 0 aliphatic heterocycles. The van der Waals surface area contributed by atoms with Crippen LogP contribution in [0.15, 0.2) is 0 Å². The Morgan fingerprint density at radius 3 is 1.41 bits per heavy atom. The molecular formula is C32H60N4O8. The van der Waals surface area contributed by atoms with E-state index in [9.17, 15) is 34.4 Å². The van der Waals surface area contributed by atoms with E-state index in [2.05, 4.69) is 24.5 Å². The lowest BCUT2D eigenvalue weighted by atomic mass is 10.0. The van der Waals surface area contributed by atoms with E-state index < -0.39 is 11.9 Å². The van der Waals surface area contributed by atoms with Gasteiger partial charge in [0, 0.05) is 51.9 Å². The monoisotopic (exact) mass is 628 g/mol. The lowest BCUT2D eigenvalue weighted by Gasteiger charge is -2.15. The molecule has 0 aromatic carbocycles. The Labute approximate surface area is 264 Å². The van der Waals surface area contributed by atoms with Gasteiger partial charge in [-0.1, -0.05) is 65.2 Å². The molecule has 12 heteroatoms. The second kappa shape index (κ2) is 27.8. The minimum Gasteiger partial charge on any atom is -0.481 e. The number of carbonyl (C=O) groups excluding carboxylic acids is 4. The number of carboxylic acid groups (broad SMARTS) is 1. The predicted octanol–water partition coefficient (Wildman–Crippen LogP) is 5.20. The molecule has 0 aliphatic carbocycles. The van der Waals surface area contributed by atoms with E-state index in [0.29, 0.717) is 56.7 Å². The fourth-order valence-electron chi connectivity index (χ4n) is 4.60. The summed E-state index contributed by atoms with van der Waals surface area (Å²) >= 11 is 0. The van der Waals surface area contributed by atoms with Crippen molar-refractivity contribution in [2.75, 3.05) is 26.2 Å². The van der Waals surface area contributed by atoms with Crippen molar-refractivity contribution in [1.82, 2.24) is 20.8 Å². The number of amides is 4. The molecule has 0 aromatic rings. The van der Waals surface area contributed by atoms with E-state index >= 15 is 0 Å². The van der Waals surface area contributed by atoms with Crippen molar-refractivity contribution in [2.24, 2.45) is 5.92 Å². The Hall–Kier alpha value is -2.73. The van der Waals surface area contributed by atoms with E-state index in [-0.39, 0.29) is 56.5 Å². The third-order valence-electron chi connectivity index (χ3n) is 7.37. The van der Waals surface area contributed by atoms with Crippen molar-refractivity contribution in [2.45, 2.75) is 142 Å². The van der Waals surface area contributed by atoms with Gasteiger partial charge in [-0.25, -0.2) is 10.1 Å². The first-order valence-corrected chi connectivity index (χ1v) is 16.8. The highest BCUT2D eigenvalue weighted by Crippen LogP contribution is 2.13. The Morgan fingerprint density at radius 2 is 0.932 bits per heavy atom. The first kappa shape index (κ1) is 41.3. The highest BCUT2D eigenvalue weighted by atomic mass is 16.5. The summed E-state index contributed by atoms with van der Waals surface area (Å²) in [6, 6.07) is 0. The number of nitrogens with zero attached hydrogens (tertiary/aromatic N) is 2. The molecule has 0 atom stereocenters. The molecule has 0 aromatic heterocycles. The summed E-state index contributed by atoms with van der Waals surface area (Å²) in [4.78, 5) is 58.0. The average molecular weight is 629 g/mol. The summed E-state index contributed by atoms with van der Waals surface area (Å²) in [6.45, 7) is 5.74. The van der Waals surface area contributed by atoms with Gasteiger partial charge in [-0.15, -0.1) is 0 Å². The number of hydrogen-bond donors (Lipinski definition) is 5. The summed E-state index contributed by atoms with van der Waals surface area (Å²) in [7, 11) is 0. The van der Waals surface area contributed by atoms with Crippen LogP contribution in [0.1, 0.15) is 142 Å². The summed E-state index contributed by atoms with van der Waals surface area (Å²) in [6.07, 6.45) is 14.4. The zero-order valence-electron chi connectivity index (χ0n) is 27.3. The molecule has 0 heterocycles. The van der Waals surface area contributed by atoms with E-state index in [1.165, 1.54) is 38.5 Å². The Morgan fingerprint density at radius 1 is 0.523 bits per heavy atom. The Balaban J connectivity index is 3.66. The minimum atomic E-state index is -1.02.